The smallest absolute Gasteiger partial charge is 0.305 e. The number of ketones is 2. The Morgan fingerprint density at radius 2 is 1.56 bits per heavy atom. The van der Waals surface area contributed by atoms with Gasteiger partial charge in [-0.1, -0.05) is 71.1 Å². The Hall–Kier alpha value is -2.41. The van der Waals surface area contributed by atoms with Crippen LogP contribution >= 0.6 is 34.7 Å². The standard InChI is InChI=1S/C20H10ClNO3S2/c21-10-7-5-9(6-8-10)13-14-15(23)11-3-1-2-4-12(11)16(24)17(14)26-19-18(13)27-20(25)22-19/h1-8,13H,(H,22,25). The highest BCUT2D eigenvalue weighted by Crippen LogP contribution is 2.51. The van der Waals surface area contributed by atoms with Gasteiger partial charge in [-0.3, -0.25) is 14.4 Å². The lowest BCUT2D eigenvalue weighted by atomic mass is 9.79. The van der Waals surface area contributed by atoms with Gasteiger partial charge in [-0.2, -0.15) is 0 Å². The van der Waals surface area contributed by atoms with E-state index in [9.17, 15) is 14.4 Å². The second-order valence-corrected chi connectivity index (χ2v) is 8.71. The number of nitrogens with one attached hydrogen (secondary N) is 1. The molecule has 4 nitrogen and oxygen atoms in total. The van der Waals surface area contributed by atoms with Gasteiger partial charge in [-0.25, -0.2) is 0 Å². The van der Waals surface area contributed by atoms with Crippen LogP contribution in [0, 0.1) is 0 Å². The summed E-state index contributed by atoms with van der Waals surface area (Å²) in [6.45, 7) is 0. The van der Waals surface area contributed by atoms with E-state index in [1.54, 1.807) is 36.4 Å². The number of benzene rings is 2. The lowest BCUT2D eigenvalue weighted by molar-refractivity contribution is 0.0977. The van der Waals surface area contributed by atoms with Gasteiger partial charge in [0.05, 0.1) is 20.7 Å². The summed E-state index contributed by atoms with van der Waals surface area (Å²) in [7, 11) is 0. The Morgan fingerprint density at radius 1 is 0.889 bits per heavy atom. The number of carbonyl (C=O) groups is 2. The number of halogens is 1. The Balaban J connectivity index is 1.79. The molecule has 2 aliphatic rings. The molecule has 3 aromatic rings. The Kier molecular flexibility index (Phi) is 3.75. The van der Waals surface area contributed by atoms with Crippen LogP contribution in [0.3, 0.4) is 0 Å². The zero-order chi connectivity index (χ0) is 18.7. The summed E-state index contributed by atoms with van der Waals surface area (Å²) in [6, 6.07) is 14.0. The van der Waals surface area contributed by atoms with E-state index in [1.165, 1.54) is 11.8 Å². The highest BCUT2D eigenvalue weighted by atomic mass is 35.5. The first-order valence-corrected chi connectivity index (χ1v) is 10.1. The van der Waals surface area contributed by atoms with Crippen molar-refractivity contribution in [2.24, 2.45) is 0 Å². The lowest BCUT2D eigenvalue weighted by Gasteiger charge is -2.30. The van der Waals surface area contributed by atoms with Gasteiger partial charge in [-0.15, -0.1) is 0 Å². The van der Waals surface area contributed by atoms with Crippen LogP contribution < -0.4 is 4.87 Å². The van der Waals surface area contributed by atoms with Crippen LogP contribution in [0.15, 0.2) is 68.8 Å². The number of Topliss-reactive ketones (excluding diaryl/α,β-unsaturated/α-hetero) is 2. The fourth-order valence-electron chi connectivity index (χ4n) is 3.53. The number of hydrogen-bond donors (Lipinski definition) is 1. The van der Waals surface area contributed by atoms with Gasteiger partial charge in [0.1, 0.15) is 0 Å². The second-order valence-electron chi connectivity index (χ2n) is 6.24. The molecule has 5 rings (SSSR count). The molecule has 27 heavy (non-hydrogen) atoms. The average molecular weight is 412 g/mol. The third-order valence-electron chi connectivity index (χ3n) is 4.71. The minimum Gasteiger partial charge on any atom is -0.307 e. The van der Waals surface area contributed by atoms with E-state index < -0.39 is 5.92 Å². The molecule has 0 fully saturated rings. The van der Waals surface area contributed by atoms with Gasteiger partial charge in [0.15, 0.2) is 5.78 Å². The predicted octanol–water partition coefficient (Wildman–Crippen LogP) is 4.66. The molecular weight excluding hydrogens is 402 g/mol. The Morgan fingerprint density at radius 3 is 2.26 bits per heavy atom. The van der Waals surface area contributed by atoms with Crippen molar-refractivity contribution in [3.05, 3.63) is 95.3 Å². The first-order chi connectivity index (χ1) is 13.0. The highest BCUT2D eigenvalue weighted by Gasteiger charge is 2.42. The van der Waals surface area contributed by atoms with Gasteiger partial charge >= 0.3 is 4.87 Å². The zero-order valence-electron chi connectivity index (χ0n) is 13.6. The third kappa shape index (κ3) is 2.48. The van der Waals surface area contributed by atoms with Gasteiger partial charge in [-0.05, 0) is 17.7 Å². The molecule has 1 unspecified atom stereocenters. The largest absolute Gasteiger partial charge is 0.307 e. The number of thioether (sulfide) groups is 1. The number of H-pyrrole nitrogens is 1. The van der Waals surface area contributed by atoms with Gasteiger partial charge in [0, 0.05) is 21.7 Å². The topological polar surface area (TPSA) is 67.0 Å². The molecule has 132 valence electrons. The maximum Gasteiger partial charge on any atom is 0.305 e. The van der Waals surface area contributed by atoms with Crippen LogP contribution in [0.1, 0.15) is 37.1 Å². The van der Waals surface area contributed by atoms with Crippen LogP contribution in [-0.4, -0.2) is 16.6 Å². The van der Waals surface area contributed by atoms with Gasteiger partial charge in [0.25, 0.3) is 0 Å². The van der Waals surface area contributed by atoms with Gasteiger partial charge < -0.3 is 4.98 Å². The molecule has 1 atom stereocenters. The molecule has 0 spiro atoms. The van der Waals surface area contributed by atoms with Crippen molar-refractivity contribution < 1.29 is 9.59 Å². The van der Waals surface area contributed by atoms with Crippen molar-refractivity contribution in [1.29, 1.82) is 0 Å². The number of aromatic nitrogens is 1. The van der Waals surface area contributed by atoms with Crippen molar-refractivity contribution in [2.45, 2.75) is 10.9 Å². The summed E-state index contributed by atoms with van der Waals surface area (Å²) in [4.78, 5) is 42.2. The highest BCUT2D eigenvalue weighted by molar-refractivity contribution is 8.04. The summed E-state index contributed by atoms with van der Waals surface area (Å²) in [6.07, 6.45) is 0. The monoisotopic (exact) mass is 411 g/mol. The Bertz CT molecular complexity index is 1220. The molecule has 0 saturated carbocycles. The number of aromatic amines is 1. The van der Waals surface area contributed by atoms with Crippen LogP contribution in [0.2, 0.25) is 5.02 Å². The summed E-state index contributed by atoms with van der Waals surface area (Å²) >= 11 is 8.27. The SMILES string of the molecule is O=C1C2=C(C(=O)c3ccccc31)C(c1ccc(Cl)cc1)c1sc(=O)[nH]c1S2. The van der Waals surface area contributed by atoms with E-state index >= 15 is 0 Å². The summed E-state index contributed by atoms with van der Waals surface area (Å²) in [5.74, 6) is -0.816. The maximum absolute atomic E-state index is 13.3. The van der Waals surface area contributed by atoms with E-state index in [-0.39, 0.29) is 16.4 Å². The minimum absolute atomic E-state index is 0.167. The molecule has 2 heterocycles. The van der Waals surface area contributed by atoms with Crippen molar-refractivity contribution in [1.82, 2.24) is 4.98 Å². The van der Waals surface area contributed by atoms with Crippen LogP contribution in [0.25, 0.3) is 0 Å². The van der Waals surface area contributed by atoms with Crippen molar-refractivity contribution >= 4 is 46.3 Å². The molecule has 0 amide bonds. The van der Waals surface area contributed by atoms with E-state index in [2.05, 4.69) is 4.98 Å². The second kappa shape index (κ2) is 6.05. The number of fused-ring (bicyclic) bond motifs is 2. The van der Waals surface area contributed by atoms with Crippen LogP contribution in [0.5, 0.6) is 0 Å². The predicted molar refractivity (Wildman–Crippen MR) is 106 cm³/mol. The first-order valence-electron chi connectivity index (χ1n) is 8.13. The fraction of sp³-hybridized carbons (Fsp3) is 0.0500. The van der Waals surface area contributed by atoms with Crippen molar-refractivity contribution in [3.8, 4) is 0 Å². The van der Waals surface area contributed by atoms with E-state index in [0.29, 0.717) is 31.7 Å². The normalized spacial score (nSPS) is 18.2. The average Bonchev–Trinajstić information content (AvgIpc) is 3.05. The molecule has 1 aliphatic heterocycles. The minimum atomic E-state index is -0.470. The lowest BCUT2D eigenvalue weighted by Crippen LogP contribution is -2.27. The maximum atomic E-state index is 13.3. The summed E-state index contributed by atoms with van der Waals surface area (Å²) in [5.41, 5.74) is 2.08. The summed E-state index contributed by atoms with van der Waals surface area (Å²) in [5, 5.41) is 1.21. The molecule has 1 aliphatic carbocycles. The molecular formula is C20H10ClNO3S2. The summed E-state index contributed by atoms with van der Waals surface area (Å²) < 4.78 is 0. The van der Waals surface area contributed by atoms with E-state index in [0.717, 1.165) is 21.8 Å². The molecule has 0 saturated heterocycles. The molecule has 1 N–H and O–H groups in total. The van der Waals surface area contributed by atoms with Gasteiger partial charge in [0.2, 0.25) is 5.78 Å². The molecule has 0 radical (unpaired) electrons. The van der Waals surface area contributed by atoms with E-state index in [1.807, 2.05) is 12.1 Å². The molecule has 1 aromatic heterocycles. The fourth-order valence-corrected chi connectivity index (χ4v) is 5.93. The molecule has 7 heteroatoms. The first kappa shape index (κ1) is 16.7. The number of thiazole rings is 1. The molecule has 2 aromatic carbocycles. The van der Waals surface area contributed by atoms with Crippen molar-refractivity contribution in [3.63, 3.8) is 0 Å². The molecule has 0 bridgehead atoms. The van der Waals surface area contributed by atoms with E-state index in [4.69, 9.17) is 11.6 Å². The number of carbonyl (C=O) groups excluding carboxylic acids is 2. The Labute approximate surface area is 166 Å². The third-order valence-corrected chi connectivity index (χ3v) is 7.18. The van der Waals surface area contributed by atoms with Crippen molar-refractivity contribution in [2.75, 3.05) is 0 Å². The zero-order valence-corrected chi connectivity index (χ0v) is 16.0. The number of rotatable bonds is 1. The van der Waals surface area contributed by atoms with Crippen LogP contribution in [-0.2, 0) is 0 Å². The van der Waals surface area contributed by atoms with Crippen LogP contribution in [0.4, 0.5) is 0 Å². The number of allylic oxidation sites excluding steroid dienone is 2. The quantitative estimate of drug-likeness (QED) is 0.632. The number of hydrogen-bond acceptors (Lipinski definition) is 5.